The maximum absolute atomic E-state index is 13.8. The second kappa shape index (κ2) is 5.26. The molecule has 0 aromatic heterocycles. The van der Waals surface area contributed by atoms with Crippen LogP contribution in [0.2, 0.25) is 0 Å². The maximum Gasteiger partial charge on any atom is 0.262 e. The lowest BCUT2D eigenvalue weighted by Crippen LogP contribution is -2.54. The summed E-state index contributed by atoms with van der Waals surface area (Å²) in [5.74, 6) is -3.17. The molecule has 0 spiro atoms. The zero-order chi connectivity index (χ0) is 16.9. The van der Waals surface area contributed by atoms with Crippen LogP contribution in [0.1, 0.15) is 58.9 Å². The van der Waals surface area contributed by atoms with Crippen LogP contribution >= 0.6 is 0 Å². The third-order valence-corrected chi connectivity index (χ3v) is 4.16. The molecule has 1 saturated heterocycles. The highest BCUT2D eigenvalue weighted by molar-refractivity contribution is 6.24. The van der Waals surface area contributed by atoms with E-state index in [1.54, 1.807) is 13.8 Å². The van der Waals surface area contributed by atoms with Gasteiger partial charge in [-0.25, -0.2) is 4.39 Å². The van der Waals surface area contributed by atoms with Gasteiger partial charge in [-0.15, -0.1) is 0 Å². The van der Waals surface area contributed by atoms with Crippen LogP contribution in [0.4, 0.5) is 4.39 Å². The molecule has 1 fully saturated rings. The summed E-state index contributed by atoms with van der Waals surface area (Å²) in [6.07, 6.45) is 0.130. The Hall–Kier alpha value is -2.57. The minimum atomic E-state index is -1.04. The van der Waals surface area contributed by atoms with Gasteiger partial charge in [0.05, 0.1) is 11.1 Å². The smallest absolute Gasteiger partial charge is 0.262 e. The summed E-state index contributed by atoms with van der Waals surface area (Å²) in [6, 6.07) is 1.22. The van der Waals surface area contributed by atoms with Crippen LogP contribution in [0.3, 0.4) is 0 Å². The van der Waals surface area contributed by atoms with Crippen molar-refractivity contribution >= 4 is 23.6 Å². The molecule has 0 bridgehead atoms. The van der Waals surface area contributed by atoms with Crippen LogP contribution in [-0.4, -0.2) is 34.6 Å². The highest BCUT2D eigenvalue weighted by atomic mass is 19.1. The summed E-state index contributed by atoms with van der Waals surface area (Å²) >= 11 is 0. The van der Waals surface area contributed by atoms with E-state index in [4.69, 9.17) is 0 Å². The number of piperidine rings is 1. The molecule has 3 rings (SSSR count). The molecule has 1 atom stereocenters. The lowest BCUT2D eigenvalue weighted by atomic mass is 9.94. The van der Waals surface area contributed by atoms with Gasteiger partial charge in [-0.2, -0.15) is 0 Å². The van der Waals surface area contributed by atoms with Crippen LogP contribution in [-0.2, 0) is 9.59 Å². The number of fused-ring (bicyclic) bond motifs is 1. The average Bonchev–Trinajstić information content (AvgIpc) is 2.71. The lowest BCUT2D eigenvalue weighted by molar-refractivity contribution is -0.136. The molecule has 4 amide bonds. The maximum atomic E-state index is 13.8. The van der Waals surface area contributed by atoms with Crippen molar-refractivity contribution in [1.29, 1.82) is 0 Å². The summed E-state index contributed by atoms with van der Waals surface area (Å²) < 4.78 is 13.8. The topological polar surface area (TPSA) is 83.6 Å². The van der Waals surface area contributed by atoms with Gasteiger partial charge >= 0.3 is 0 Å². The molecule has 2 heterocycles. The predicted octanol–water partition coefficient (Wildman–Crippen LogP) is 1.35. The molecule has 23 heavy (non-hydrogen) atoms. The Labute approximate surface area is 131 Å². The van der Waals surface area contributed by atoms with Crippen molar-refractivity contribution in [2.24, 2.45) is 0 Å². The number of halogens is 1. The minimum Gasteiger partial charge on any atom is -0.295 e. The first-order chi connectivity index (χ1) is 10.8. The van der Waals surface area contributed by atoms with Gasteiger partial charge in [0.1, 0.15) is 11.9 Å². The minimum absolute atomic E-state index is 0.0246. The summed E-state index contributed by atoms with van der Waals surface area (Å²) in [5, 5.41) is 2.12. The second-order valence-electron chi connectivity index (χ2n) is 6.02. The molecule has 120 valence electrons. The van der Waals surface area contributed by atoms with Gasteiger partial charge in [0.25, 0.3) is 11.8 Å². The molecule has 1 aromatic rings. The number of carbonyl (C=O) groups excluding carboxylic acids is 4. The number of nitrogens with one attached hydrogen (secondary N) is 1. The molecule has 0 saturated carbocycles. The third-order valence-electron chi connectivity index (χ3n) is 4.16. The van der Waals surface area contributed by atoms with Crippen molar-refractivity contribution < 1.29 is 23.6 Å². The van der Waals surface area contributed by atoms with Gasteiger partial charge in [-0.05, 0) is 30.0 Å². The molecule has 2 aliphatic heterocycles. The molecule has 0 aliphatic carbocycles. The van der Waals surface area contributed by atoms with E-state index in [0.717, 1.165) is 11.0 Å². The molecule has 0 radical (unpaired) electrons. The van der Waals surface area contributed by atoms with Gasteiger partial charge in [0.2, 0.25) is 11.8 Å². The number of benzene rings is 1. The predicted molar refractivity (Wildman–Crippen MR) is 77.2 cm³/mol. The summed E-state index contributed by atoms with van der Waals surface area (Å²) in [4.78, 5) is 49.3. The van der Waals surface area contributed by atoms with Gasteiger partial charge in [0.15, 0.2) is 0 Å². The zero-order valence-electron chi connectivity index (χ0n) is 12.7. The largest absolute Gasteiger partial charge is 0.295 e. The van der Waals surface area contributed by atoms with Crippen molar-refractivity contribution in [3.05, 3.63) is 34.6 Å². The molecule has 2 aliphatic rings. The van der Waals surface area contributed by atoms with Crippen LogP contribution in [0.25, 0.3) is 0 Å². The first kappa shape index (κ1) is 15.3. The fourth-order valence-corrected chi connectivity index (χ4v) is 3.04. The van der Waals surface area contributed by atoms with E-state index in [2.05, 4.69) is 5.32 Å². The lowest BCUT2D eigenvalue weighted by Gasteiger charge is -2.27. The van der Waals surface area contributed by atoms with Crippen molar-refractivity contribution in [2.45, 2.75) is 38.6 Å². The van der Waals surface area contributed by atoms with E-state index in [-0.39, 0.29) is 29.9 Å². The van der Waals surface area contributed by atoms with E-state index < -0.39 is 35.5 Å². The van der Waals surface area contributed by atoms with Crippen LogP contribution < -0.4 is 5.32 Å². The monoisotopic (exact) mass is 318 g/mol. The van der Waals surface area contributed by atoms with E-state index >= 15 is 0 Å². The zero-order valence-corrected chi connectivity index (χ0v) is 12.7. The number of hydrogen-bond acceptors (Lipinski definition) is 4. The van der Waals surface area contributed by atoms with Crippen molar-refractivity contribution in [2.75, 3.05) is 0 Å². The first-order valence-corrected chi connectivity index (χ1v) is 7.36. The number of rotatable bonds is 2. The van der Waals surface area contributed by atoms with Crippen molar-refractivity contribution in [1.82, 2.24) is 10.2 Å². The Morgan fingerprint density at radius 2 is 1.87 bits per heavy atom. The summed E-state index contributed by atoms with van der Waals surface area (Å²) in [7, 11) is 0. The molecule has 7 heteroatoms. The average molecular weight is 318 g/mol. The SMILES string of the molecule is CC(C)c1cc(F)cc2c1C(=O)N(C1CCC(=O)NC1=O)C2=O. The van der Waals surface area contributed by atoms with E-state index in [9.17, 15) is 23.6 Å². The second-order valence-corrected chi connectivity index (χ2v) is 6.02. The molecular formula is C16H15FN2O4. The van der Waals surface area contributed by atoms with Gasteiger partial charge in [-0.3, -0.25) is 29.4 Å². The number of imide groups is 2. The van der Waals surface area contributed by atoms with Crippen LogP contribution in [0, 0.1) is 5.82 Å². The van der Waals surface area contributed by atoms with Crippen LogP contribution in [0.5, 0.6) is 0 Å². The third kappa shape index (κ3) is 2.32. The van der Waals surface area contributed by atoms with Gasteiger partial charge in [0, 0.05) is 6.42 Å². The number of amides is 4. The fraction of sp³-hybridized carbons (Fsp3) is 0.375. The summed E-state index contributed by atoms with van der Waals surface area (Å²) in [6.45, 7) is 3.59. The molecule has 1 N–H and O–H groups in total. The summed E-state index contributed by atoms with van der Waals surface area (Å²) in [5.41, 5.74) is 0.563. The molecule has 1 unspecified atom stereocenters. The van der Waals surface area contributed by atoms with Crippen molar-refractivity contribution in [3.8, 4) is 0 Å². The highest BCUT2D eigenvalue weighted by Gasteiger charge is 2.46. The Morgan fingerprint density at radius 1 is 1.17 bits per heavy atom. The Bertz CT molecular complexity index is 757. The quantitative estimate of drug-likeness (QED) is 0.834. The Morgan fingerprint density at radius 3 is 2.48 bits per heavy atom. The number of nitrogens with zero attached hydrogens (tertiary/aromatic N) is 1. The molecule has 1 aromatic carbocycles. The number of hydrogen-bond donors (Lipinski definition) is 1. The normalized spacial score (nSPS) is 21.0. The van der Waals surface area contributed by atoms with Gasteiger partial charge < -0.3 is 0 Å². The van der Waals surface area contributed by atoms with Crippen LogP contribution in [0.15, 0.2) is 12.1 Å². The highest BCUT2D eigenvalue weighted by Crippen LogP contribution is 2.33. The van der Waals surface area contributed by atoms with Gasteiger partial charge in [-0.1, -0.05) is 13.8 Å². The van der Waals surface area contributed by atoms with E-state index in [1.807, 2.05) is 0 Å². The van der Waals surface area contributed by atoms with Crippen molar-refractivity contribution in [3.63, 3.8) is 0 Å². The first-order valence-electron chi connectivity index (χ1n) is 7.36. The Balaban J connectivity index is 2.06. The number of carbonyl (C=O) groups is 4. The molecular weight excluding hydrogens is 303 g/mol. The van der Waals surface area contributed by atoms with E-state index in [1.165, 1.54) is 6.07 Å². The fourth-order valence-electron chi connectivity index (χ4n) is 3.04. The van der Waals surface area contributed by atoms with E-state index in [0.29, 0.717) is 5.56 Å². The standard InChI is InChI=1S/C16H15FN2O4/c1-7(2)9-5-8(17)6-10-13(9)16(23)19(15(10)22)11-3-4-12(20)18-14(11)21/h5-7,11H,3-4H2,1-2H3,(H,18,20,21). The molecule has 6 nitrogen and oxygen atoms in total. The Kier molecular flexibility index (Phi) is 3.50.